The highest BCUT2D eigenvalue weighted by Gasteiger charge is 2.35. The number of hydrogen-bond acceptors (Lipinski definition) is 4. The molecule has 0 unspecified atom stereocenters. The fourth-order valence-electron chi connectivity index (χ4n) is 3.98. The predicted molar refractivity (Wildman–Crippen MR) is 143 cm³/mol. The highest BCUT2D eigenvalue weighted by Crippen LogP contribution is 2.35. The maximum atomic E-state index is 13.1. The first-order valence-electron chi connectivity index (χ1n) is 11.0. The number of carbonyl (C=O) groups is 3. The summed E-state index contributed by atoms with van der Waals surface area (Å²) in [6, 6.07) is 20.5. The molecule has 1 aliphatic heterocycles. The molecule has 0 radical (unpaired) electrons. The van der Waals surface area contributed by atoms with Gasteiger partial charge in [-0.3, -0.25) is 19.3 Å². The van der Waals surface area contributed by atoms with Gasteiger partial charge in [0.2, 0.25) is 5.91 Å². The Hall–Kier alpha value is -3.69. The fraction of sp³-hybridized carbons (Fsp3) is 0.0741. The van der Waals surface area contributed by atoms with Gasteiger partial charge in [0.15, 0.2) is 0 Å². The van der Waals surface area contributed by atoms with Crippen molar-refractivity contribution in [3.05, 3.63) is 105 Å². The molecule has 0 saturated carbocycles. The Morgan fingerprint density at radius 3 is 2.50 bits per heavy atom. The molecule has 5 rings (SSSR count). The van der Waals surface area contributed by atoms with E-state index in [0.29, 0.717) is 10.6 Å². The second kappa shape index (κ2) is 10.1. The molecule has 3 aromatic carbocycles. The van der Waals surface area contributed by atoms with Crippen molar-refractivity contribution in [3.8, 4) is 0 Å². The molecule has 1 fully saturated rings. The summed E-state index contributed by atoms with van der Waals surface area (Å²) >= 11 is 4.36. The Balaban J connectivity index is 1.39. The zero-order chi connectivity index (χ0) is 25.2. The number of hydrogen-bond donors (Lipinski definition) is 1. The highest BCUT2D eigenvalue weighted by atomic mass is 79.9. The van der Waals surface area contributed by atoms with Crippen LogP contribution in [0.2, 0.25) is 0 Å². The van der Waals surface area contributed by atoms with E-state index in [4.69, 9.17) is 0 Å². The molecule has 3 amide bonds. The fourth-order valence-corrected chi connectivity index (χ4v) is 5.22. The Kier molecular flexibility index (Phi) is 6.75. The number of nitrogens with zero attached hydrogens (tertiary/aromatic N) is 2. The average Bonchev–Trinajstić information content (AvgIpc) is 3.33. The molecule has 1 N–H and O–H groups in total. The molecule has 0 atom stereocenters. The van der Waals surface area contributed by atoms with Crippen molar-refractivity contribution < 1.29 is 18.8 Å². The molecule has 6 nitrogen and oxygen atoms in total. The number of halogens is 2. The first kappa shape index (κ1) is 24.0. The van der Waals surface area contributed by atoms with Crippen LogP contribution in [0.15, 0.2) is 88.4 Å². The topological polar surface area (TPSA) is 71.4 Å². The second-order valence-corrected chi connectivity index (χ2v) is 9.99. The van der Waals surface area contributed by atoms with Crippen LogP contribution in [0.1, 0.15) is 11.1 Å². The van der Waals surface area contributed by atoms with Crippen molar-refractivity contribution >= 4 is 67.4 Å². The van der Waals surface area contributed by atoms with Gasteiger partial charge in [0, 0.05) is 32.8 Å². The van der Waals surface area contributed by atoms with E-state index in [1.54, 1.807) is 16.8 Å². The smallest absolute Gasteiger partial charge is 0.293 e. The third kappa shape index (κ3) is 4.98. The number of anilines is 1. The second-order valence-electron chi connectivity index (χ2n) is 8.14. The summed E-state index contributed by atoms with van der Waals surface area (Å²) in [6.45, 7) is 0.198. The maximum Gasteiger partial charge on any atom is 0.293 e. The summed E-state index contributed by atoms with van der Waals surface area (Å²) < 4.78 is 15.8. The summed E-state index contributed by atoms with van der Waals surface area (Å²) in [5.41, 5.74) is 2.87. The lowest BCUT2D eigenvalue weighted by Gasteiger charge is -2.13. The minimum absolute atomic E-state index is 0.0231. The van der Waals surface area contributed by atoms with Crippen molar-refractivity contribution in [1.29, 1.82) is 0 Å². The summed E-state index contributed by atoms with van der Waals surface area (Å²) in [7, 11) is 0. The van der Waals surface area contributed by atoms with Gasteiger partial charge >= 0.3 is 0 Å². The van der Waals surface area contributed by atoms with Crippen LogP contribution in [-0.2, 0) is 22.7 Å². The molecular weight excluding hydrogens is 545 g/mol. The molecular formula is C27H19BrFN3O3S. The van der Waals surface area contributed by atoms with Gasteiger partial charge in [-0.1, -0.05) is 52.3 Å². The van der Waals surface area contributed by atoms with Gasteiger partial charge in [-0.2, -0.15) is 0 Å². The number of para-hydroxylation sites is 1. The quantitative estimate of drug-likeness (QED) is 0.275. The van der Waals surface area contributed by atoms with Crippen LogP contribution in [-0.4, -0.2) is 26.5 Å². The third-order valence-corrected chi connectivity index (χ3v) is 7.39. The van der Waals surface area contributed by atoms with E-state index < -0.39 is 0 Å². The molecule has 0 spiro atoms. The standard InChI is InChI=1S/C27H19BrFN3O3S/c28-22-7-3-1-5-17(22)15-32-26(34)24(36-27(32)35)13-18-14-31(23-8-4-2-6-21(18)23)16-25(33)30-20-11-9-19(29)10-12-20/h1-14H,15-16H2,(H,30,33)/b24-13-. The Morgan fingerprint density at radius 1 is 1.00 bits per heavy atom. The van der Waals surface area contributed by atoms with Crippen molar-refractivity contribution in [2.24, 2.45) is 0 Å². The van der Waals surface area contributed by atoms with Gasteiger partial charge in [0.1, 0.15) is 12.4 Å². The summed E-state index contributed by atoms with van der Waals surface area (Å²) in [5.74, 6) is -1.01. The van der Waals surface area contributed by atoms with Gasteiger partial charge in [-0.05, 0) is 59.8 Å². The maximum absolute atomic E-state index is 13.1. The molecule has 1 saturated heterocycles. The number of rotatable bonds is 6. The van der Waals surface area contributed by atoms with Crippen molar-refractivity contribution in [2.45, 2.75) is 13.1 Å². The number of imide groups is 1. The van der Waals surface area contributed by atoms with E-state index in [1.807, 2.05) is 48.5 Å². The lowest BCUT2D eigenvalue weighted by molar-refractivity contribution is -0.123. The van der Waals surface area contributed by atoms with E-state index >= 15 is 0 Å². The van der Waals surface area contributed by atoms with Crippen LogP contribution >= 0.6 is 27.7 Å². The molecule has 1 aliphatic rings. The van der Waals surface area contributed by atoms with Crippen molar-refractivity contribution in [2.75, 3.05) is 5.32 Å². The molecule has 4 aromatic rings. The molecule has 36 heavy (non-hydrogen) atoms. The highest BCUT2D eigenvalue weighted by molar-refractivity contribution is 9.10. The van der Waals surface area contributed by atoms with Crippen LogP contribution < -0.4 is 5.32 Å². The molecule has 9 heteroatoms. The molecule has 1 aromatic heterocycles. The first-order chi connectivity index (χ1) is 17.4. The van der Waals surface area contributed by atoms with Crippen LogP contribution in [0.3, 0.4) is 0 Å². The number of carbonyl (C=O) groups excluding carboxylic acids is 3. The number of benzene rings is 3. The van der Waals surface area contributed by atoms with E-state index in [1.165, 1.54) is 29.2 Å². The first-order valence-corrected chi connectivity index (χ1v) is 12.6. The molecule has 0 bridgehead atoms. The third-order valence-electron chi connectivity index (χ3n) is 5.71. The zero-order valence-corrected chi connectivity index (χ0v) is 21.2. The number of nitrogens with one attached hydrogen (secondary N) is 1. The number of amides is 3. The molecule has 2 heterocycles. The Bertz CT molecular complexity index is 1530. The summed E-state index contributed by atoms with van der Waals surface area (Å²) in [6.07, 6.45) is 3.48. The van der Waals surface area contributed by atoms with E-state index in [-0.39, 0.29) is 36.0 Å². The Morgan fingerprint density at radius 2 is 1.72 bits per heavy atom. The Labute approximate surface area is 218 Å². The van der Waals surface area contributed by atoms with Gasteiger partial charge in [0.05, 0.1) is 11.4 Å². The van der Waals surface area contributed by atoms with Crippen LogP contribution in [0.5, 0.6) is 0 Å². The predicted octanol–water partition coefficient (Wildman–Crippen LogP) is 6.42. The number of aromatic nitrogens is 1. The zero-order valence-electron chi connectivity index (χ0n) is 18.8. The largest absolute Gasteiger partial charge is 0.337 e. The monoisotopic (exact) mass is 563 g/mol. The van der Waals surface area contributed by atoms with Crippen molar-refractivity contribution in [3.63, 3.8) is 0 Å². The molecule has 180 valence electrons. The molecule has 0 aliphatic carbocycles. The number of thioether (sulfide) groups is 1. The lowest BCUT2D eigenvalue weighted by Crippen LogP contribution is -2.27. The minimum Gasteiger partial charge on any atom is -0.337 e. The lowest BCUT2D eigenvalue weighted by atomic mass is 10.1. The van der Waals surface area contributed by atoms with Gasteiger partial charge in [-0.15, -0.1) is 0 Å². The average molecular weight is 564 g/mol. The number of fused-ring (bicyclic) bond motifs is 1. The normalized spacial score (nSPS) is 14.7. The van der Waals surface area contributed by atoms with E-state index in [0.717, 1.165) is 38.3 Å². The minimum atomic E-state index is -0.380. The van der Waals surface area contributed by atoms with Crippen LogP contribution in [0, 0.1) is 5.82 Å². The van der Waals surface area contributed by atoms with Gasteiger partial charge in [0.25, 0.3) is 11.1 Å². The van der Waals surface area contributed by atoms with E-state index in [2.05, 4.69) is 21.2 Å². The SMILES string of the molecule is O=C(Cn1cc(/C=C2\SC(=O)N(Cc3ccccc3Br)C2=O)c2ccccc21)Nc1ccc(F)cc1. The van der Waals surface area contributed by atoms with Gasteiger partial charge in [-0.25, -0.2) is 4.39 Å². The van der Waals surface area contributed by atoms with E-state index in [9.17, 15) is 18.8 Å². The summed E-state index contributed by atoms with van der Waals surface area (Å²) in [4.78, 5) is 39.9. The van der Waals surface area contributed by atoms with Crippen molar-refractivity contribution in [1.82, 2.24) is 9.47 Å². The van der Waals surface area contributed by atoms with Crippen LogP contribution in [0.25, 0.3) is 17.0 Å². The van der Waals surface area contributed by atoms with Crippen LogP contribution in [0.4, 0.5) is 14.9 Å². The summed E-state index contributed by atoms with van der Waals surface area (Å²) in [5, 5.41) is 3.28. The van der Waals surface area contributed by atoms with Gasteiger partial charge < -0.3 is 9.88 Å².